The van der Waals surface area contributed by atoms with Crippen molar-refractivity contribution in [3.63, 3.8) is 0 Å². The summed E-state index contributed by atoms with van der Waals surface area (Å²) >= 11 is 0. The molecule has 2 aromatic heterocycles. The van der Waals surface area contributed by atoms with Crippen molar-refractivity contribution in [2.45, 2.75) is 19.3 Å². The van der Waals surface area contributed by atoms with E-state index in [4.69, 9.17) is 0 Å². The number of nitrogens with zero attached hydrogens (tertiary/aromatic N) is 2. The highest BCUT2D eigenvalue weighted by Gasteiger charge is 2.35. The van der Waals surface area contributed by atoms with Crippen LogP contribution in [-0.2, 0) is 5.41 Å². The fraction of sp³-hybridized carbons (Fsp3) is 0.0462. The van der Waals surface area contributed by atoms with Crippen LogP contribution in [0.4, 0.5) is 0 Å². The summed E-state index contributed by atoms with van der Waals surface area (Å²) < 4.78 is 4.89. The Balaban J connectivity index is 0.876. The van der Waals surface area contributed by atoms with Crippen molar-refractivity contribution < 1.29 is 0 Å². The molecule has 0 radical (unpaired) electrons. The minimum Gasteiger partial charge on any atom is -0.309 e. The van der Waals surface area contributed by atoms with Gasteiger partial charge in [0.15, 0.2) is 0 Å². The molecule has 0 N–H and O–H groups in total. The summed E-state index contributed by atoms with van der Waals surface area (Å²) in [5.74, 6) is 0. The summed E-state index contributed by atoms with van der Waals surface area (Å²) in [7, 11) is 0. The van der Waals surface area contributed by atoms with Crippen molar-refractivity contribution in [2.24, 2.45) is 0 Å². The Labute approximate surface area is 389 Å². The van der Waals surface area contributed by atoms with Crippen LogP contribution in [-0.4, -0.2) is 9.13 Å². The van der Waals surface area contributed by atoms with E-state index < -0.39 is 0 Å². The van der Waals surface area contributed by atoms with Gasteiger partial charge in [-0.3, -0.25) is 0 Å². The largest absolute Gasteiger partial charge is 0.309 e. The zero-order valence-corrected chi connectivity index (χ0v) is 37.3. The van der Waals surface area contributed by atoms with Crippen LogP contribution in [0, 0.1) is 0 Å². The summed E-state index contributed by atoms with van der Waals surface area (Å²) in [5, 5.41) is 10.1. The molecular weight excluding hydrogens is 809 g/mol. The van der Waals surface area contributed by atoms with E-state index in [1.165, 1.54) is 126 Å². The first-order valence-corrected chi connectivity index (χ1v) is 23.4. The van der Waals surface area contributed by atoms with Crippen LogP contribution < -0.4 is 0 Å². The van der Waals surface area contributed by atoms with Gasteiger partial charge in [-0.05, 0) is 138 Å². The molecule has 0 amide bonds. The van der Waals surface area contributed by atoms with Crippen molar-refractivity contribution in [1.29, 1.82) is 0 Å². The fourth-order valence-corrected chi connectivity index (χ4v) is 11.8. The van der Waals surface area contributed by atoms with E-state index in [2.05, 4.69) is 254 Å². The number of para-hydroxylation sites is 2. The molecular formula is C65H44N2. The van der Waals surface area contributed by atoms with E-state index in [1.54, 1.807) is 0 Å². The summed E-state index contributed by atoms with van der Waals surface area (Å²) in [4.78, 5) is 0. The average Bonchev–Trinajstić information content (AvgIpc) is 3.98. The molecule has 0 aliphatic heterocycles. The third-order valence-electron chi connectivity index (χ3n) is 14.9. The molecule has 0 spiro atoms. The lowest BCUT2D eigenvalue weighted by Crippen LogP contribution is -2.15. The van der Waals surface area contributed by atoms with Crippen LogP contribution in [0.1, 0.15) is 25.0 Å². The number of rotatable bonds is 5. The van der Waals surface area contributed by atoms with E-state index >= 15 is 0 Å². The van der Waals surface area contributed by atoms with Gasteiger partial charge in [-0.25, -0.2) is 0 Å². The third-order valence-corrected chi connectivity index (χ3v) is 14.9. The second kappa shape index (κ2) is 14.3. The highest BCUT2D eigenvalue weighted by Crippen LogP contribution is 2.50. The molecule has 0 atom stereocenters. The minimum atomic E-state index is -0.0698. The molecule has 314 valence electrons. The monoisotopic (exact) mass is 852 g/mol. The Kier molecular flexibility index (Phi) is 8.06. The van der Waals surface area contributed by atoms with E-state index in [9.17, 15) is 0 Å². The van der Waals surface area contributed by atoms with E-state index in [1.807, 2.05) is 0 Å². The smallest absolute Gasteiger partial charge is 0.0541 e. The van der Waals surface area contributed by atoms with Crippen LogP contribution in [0.15, 0.2) is 231 Å². The summed E-state index contributed by atoms with van der Waals surface area (Å²) in [6.07, 6.45) is 0. The highest BCUT2D eigenvalue weighted by molar-refractivity contribution is 6.21. The predicted molar refractivity (Wildman–Crippen MR) is 284 cm³/mol. The fourth-order valence-electron chi connectivity index (χ4n) is 11.8. The molecule has 0 unspecified atom stereocenters. The topological polar surface area (TPSA) is 9.86 Å². The molecule has 2 heterocycles. The summed E-state index contributed by atoms with van der Waals surface area (Å²) in [5.41, 5.74) is 20.0. The number of aromatic nitrogens is 2. The van der Waals surface area contributed by atoms with E-state index in [0.29, 0.717) is 0 Å². The van der Waals surface area contributed by atoms with Crippen molar-refractivity contribution in [3.05, 3.63) is 242 Å². The molecule has 2 nitrogen and oxygen atoms in total. The maximum atomic E-state index is 2.46. The van der Waals surface area contributed by atoms with Gasteiger partial charge >= 0.3 is 0 Å². The van der Waals surface area contributed by atoms with Gasteiger partial charge in [0, 0.05) is 38.3 Å². The quantitative estimate of drug-likeness (QED) is 0.153. The molecule has 1 aliphatic carbocycles. The maximum absolute atomic E-state index is 2.46. The number of hydrogen-bond acceptors (Lipinski definition) is 0. The second-order valence-corrected chi connectivity index (χ2v) is 18.8. The minimum absolute atomic E-state index is 0.0698. The standard InChI is InChI=1S/C65H44N2/c1-65(2)57-25-13-10-18-47(57)48-35-34-46(40-58(48)65)67-60-27-15-12-20-50(60)56-39-44(31-37-62(56)67)43-30-36-61-55(38-43)49-19-11-14-26-59(49)66(61)45-32-28-42(29-33-45)64-53-23-8-6-21-51(53)63(41-16-4-3-5-17-41)52-22-7-9-24-54(52)64/h3-40H,1-2H3. The van der Waals surface area contributed by atoms with Crippen molar-refractivity contribution in [1.82, 2.24) is 9.13 Å². The van der Waals surface area contributed by atoms with Crippen LogP contribution in [0.2, 0.25) is 0 Å². The first-order valence-electron chi connectivity index (χ1n) is 23.4. The van der Waals surface area contributed by atoms with Gasteiger partial charge in [-0.2, -0.15) is 0 Å². The van der Waals surface area contributed by atoms with Gasteiger partial charge in [0.25, 0.3) is 0 Å². The van der Waals surface area contributed by atoms with Crippen LogP contribution >= 0.6 is 0 Å². The van der Waals surface area contributed by atoms with Crippen molar-refractivity contribution >= 4 is 65.2 Å². The second-order valence-electron chi connectivity index (χ2n) is 18.8. The highest BCUT2D eigenvalue weighted by atomic mass is 15.0. The van der Waals surface area contributed by atoms with E-state index in [-0.39, 0.29) is 5.41 Å². The maximum Gasteiger partial charge on any atom is 0.0541 e. The lowest BCUT2D eigenvalue weighted by molar-refractivity contribution is 0.660. The molecule has 0 fully saturated rings. The zero-order valence-electron chi connectivity index (χ0n) is 37.3. The Morgan fingerprint density at radius 1 is 0.269 bits per heavy atom. The Hall–Kier alpha value is -8.46. The van der Waals surface area contributed by atoms with Crippen LogP contribution in [0.5, 0.6) is 0 Å². The Bertz CT molecular complexity index is 4110. The molecule has 1 aliphatic rings. The molecule has 14 rings (SSSR count). The normalized spacial score (nSPS) is 13.0. The van der Waals surface area contributed by atoms with Gasteiger partial charge in [0.05, 0.1) is 22.1 Å². The number of benzene rings is 11. The lowest BCUT2D eigenvalue weighted by Gasteiger charge is -2.22. The van der Waals surface area contributed by atoms with Gasteiger partial charge in [0.2, 0.25) is 0 Å². The zero-order chi connectivity index (χ0) is 44.4. The summed E-state index contributed by atoms with van der Waals surface area (Å²) in [6, 6.07) is 85.6. The lowest BCUT2D eigenvalue weighted by atomic mass is 9.82. The predicted octanol–water partition coefficient (Wildman–Crippen LogP) is 17.5. The van der Waals surface area contributed by atoms with Crippen LogP contribution in [0.25, 0.3) is 121 Å². The van der Waals surface area contributed by atoms with Gasteiger partial charge in [0.1, 0.15) is 0 Å². The number of hydrogen-bond donors (Lipinski definition) is 0. The van der Waals surface area contributed by atoms with Gasteiger partial charge in [-0.1, -0.05) is 184 Å². The molecule has 2 heteroatoms. The van der Waals surface area contributed by atoms with Crippen LogP contribution in [0.3, 0.4) is 0 Å². The molecule has 67 heavy (non-hydrogen) atoms. The van der Waals surface area contributed by atoms with Crippen molar-refractivity contribution in [3.8, 4) is 55.9 Å². The third kappa shape index (κ3) is 5.51. The van der Waals surface area contributed by atoms with Crippen molar-refractivity contribution in [2.75, 3.05) is 0 Å². The molecule has 13 aromatic rings. The van der Waals surface area contributed by atoms with Gasteiger partial charge in [-0.15, -0.1) is 0 Å². The Morgan fingerprint density at radius 2 is 0.672 bits per heavy atom. The van der Waals surface area contributed by atoms with Gasteiger partial charge < -0.3 is 9.13 Å². The molecule has 11 aromatic carbocycles. The molecule has 0 bridgehead atoms. The Morgan fingerprint density at radius 3 is 1.24 bits per heavy atom. The number of fused-ring (bicyclic) bond motifs is 11. The molecule has 0 saturated carbocycles. The first kappa shape index (κ1) is 37.9. The average molecular weight is 853 g/mol. The van der Waals surface area contributed by atoms with E-state index in [0.717, 1.165) is 5.69 Å². The molecule has 0 saturated heterocycles. The SMILES string of the molecule is CC1(C)c2ccccc2-c2ccc(-n3c4ccccc4c4cc(-c5ccc6c(c5)c5ccccc5n6-c5ccc(-c6c7ccccc7c(-c7ccccc7)c7ccccc67)cc5)ccc43)cc21. The first-order chi connectivity index (χ1) is 33.0. The summed E-state index contributed by atoms with van der Waals surface area (Å²) in [6.45, 7) is 4.72.